The predicted octanol–water partition coefficient (Wildman–Crippen LogP) is 5.57. The number of hydrogen-bond donors (Lipinski definition) is 0. The van der Waals surface area contributed by atoms with Crippen molar-refractivity contribution in [3.8, 4) is 0 Å². The van der Waals surface area contributed by atoms with Crippen LogP contribution in [0.3, 0.4) is 0 Å². The van der Waals surface area contributed by atoms with E-state index in [-0.39, 0.29) is 0 Å². The predicted molar refractivity (Wildman–Crippen MR) is 125 cm³/mol. The van der Waals surface area contributed by atoms with E-state index in [1.807, 2.05) is 32.3 Å². The van der Waals surface area contributed by atoms with Gasteiger partial charge in [-0.15, -0.1) is 0 Å². The van der Waals surface area contributed by atoms with Gasteiger partial charge in [-0.3, -0.25) is 0 Å². The molecule has 0 bridgehead atoms. The van der Waals surface area contributed by atoms with Crippen LogP contribution in [0.1, 0.15) is 11.1 Å². The summed E-state index contributed by atoms with van der Waals surface area (Å²) in [6, 6.07) is 29.2. The van der Waals surface area contributed by atoms with Gasteiger partial charge in [-0.1, -0.05) is 66.7 Å². The van der Waals surface area contributed by atoms with Gasteiger partial charge in [0, 0.05) is 42.8 Å². The van der Waals surface area contributed by atoms with Crippen molar-refractivity contribution < 1.29 is 0 Å². The van der Waals surface area contributed by atoms with Crippen LogP contribution >= 0.6 is 0 Å². The molecule has 0 spiro atoms. The molecule has 1 aliphatic rings. The van der Waals surface area contributed by atoms with E-state index in [4.69, 9.17) is 9.98 Å². The van der Waals surface area contributed by atoms with E-state index in [0.29, 0.717) is 0 Å². The second kappa shape index (κ2) is 7.64. The van der Waals surface area contributed by atoms with Gasteiger partial charge in [0.25, 0.3) is 0 Å². The molecule has 0 amide bonds. The molecule has 3 aromatic carbocycles. The van der Waals surface area contributed by atoms with Crippen molar-refractivity contribution in [3.05, 3.63) is 96.1 Å². The molecule has 4 nitrogen and oxygen atoms in total. The van der Waals surface area contributed by atoms with Crippen molar-refractivity contribution in [3.63, 3.8) is 0 Å². The van der Waals surface area contributed by atoms with E-state index in [0.717, 1.165) is 46.8 Å². The summed E-state index contributed by atoms with van der Waals surface area (Å²) in [5, 5.41) is 1.10. The zero-order chi connectivity index (χ0) is 20.5. The summed E-state index contributed by atoms with van der Waals surface area (Å²) in [6.07, 6.45) is 0.927. The molecule has 0 saturated heterocycles. The van der Waals surface area contributed by atoms with Crippen LogP contribution in [0.2, 0.25) is 0 Å². The Morgan fingerprint density at radius 2 is 1.53 bits per heavy atom. The van der Waals surface area contributed by atoms with E-state index in [1.165, 1.54) is 11.3 Å². The minimum atomic E-state index is 0.911. The largest absolute Gasteiger partial charge is 0.362 e. The molecule has 1 aromatic heterocycles. The van der Waals surface area contributed by atoms with Crippen LogP contribution in [0.25, 0.3) is 10.9 Å². The fourth-order valence-corrected chi connectivity index (χ4v) is 4.11. The zero-order valence-corrected chi connectivity index (χ0v) is 17.3. The van der Waals surface area contributed by atoms with E-state index in [2.05, 4.69) is 76.5 Å². The number of benzene rings is 3. The highest BCUT2D eigenvalue weighted by atomic mass is 15.2. The average molecular weight is 393 g/mol. The number of rotatable bonds is 3. The highest BCUT2D eigenvalue weighted by Gasteiger charge is 2.27. The van der Waals surface area contributed by atoms with E-state index >= 15 is 0 Å². The first-order chi connectivity index (χ1) is 14.7. The number of aliphatic imine (C=N–C) groups is 1. The Morgan fingerprint density at radius 3 is 2.27 bits per heavy atom. The Labute approximate surface area is 177 Å². The van der Waals surface area contributed by atoms with Crippen molar-refractivity contribution in [2.75, 3.05) is 25.5 Å². The molecule has 0 aliphatic carbocycles. The van der Waals surface area contributed by atoms with Crippen LogP contribution in [0.15, 0.2) is 89.9 Å². The summed E-state index contributed by atoms with van der Waals surface area (Å²) < 4.78 is 0. The lowest BCUT2D eigenvalue weighted by Gasteiger charge is -2.20. The van der Waals surface area contributed by atoms with E-state index < -0.39 is 0 Å². The molecule has 30 heavy (non-hydrogen) atoms. The summed E-state index contributed by atoms with van der Waals surface area (Å²) >= 11 is 0. The molecular weight excluding hydrogens is 368 g/mol. The van der Waals surface area contributed by atoms with Crippen LogP contribution in [-0.2, 0) is 6.42 Å². The zero-order valence-electron chi connectivity index (χ0n) is 17.3. The third-order valence-electron chi connectivity index (χ3n) is 5.52. The summed E-state index contributed by atoms with van der Waals surface area (Å²) in [4.78, 5) is 14.7. The van der Waals surface area contributed by atoms with Crippen molar-refractivity contribution in [1.29, 1.82) is 0 Å². The molecule has 0 fully saturated rings. The molecule has 4 heteroatoms. The summed E-state index contributed by atoms with van der Waals surface area (Å²) in [6.45, 7) is 0.911. The van der Waals surface area contributed by atoms with Gasteiger partial charge in [0.2, 0.25) is 0 Å². The van der Waals surface area contributed by atoms with Crippen LogP contribution < -0.4 is 4.90 Å². The Balaban J connectivity index is 1.74. The van der Waals surface area contributed by atoms with Gasteiger partial charge in [0.15, 0.2) is 0 Å². The molecule has 5 rings (SSSR count). The van der Waals surface area contributed by atoms with Crippen molar-refractivity contribution in [2.45, 2.75) is 6.42 Å². The topological polar surface area (TPSA) is 31.7 Å². The SMILES string of the molecule is CN(C)C(=Nc1c2c(nc3ccccc13)N(c1ccccc1)CC2)c1ccccc1. The minimum Gasteiger partial charge on any atom is -0.362 e. The second-order valence-electron chi connectivity index (χ2n) is 7.71. The number of pyridine rings is 1. The molecule has 0 radical (unpaired) electrons. The molecule has 0 saturated carbocycles. The maximum atomic E-state index is 5.23. The van der Waals surface area contributed by atoms with Gasteiger partial charge in [0.05, 0.1) is 11.2 Å². The Morgan fingerprint density at radius 1 is 0.867 bits per heavy atom. The van der Waals surface area contributed by atoms with Crippen LogP contribution in [0.4, 0.5) is 17.2 Å². The molecule has 2 heterocycles. The Hall–Kier alpha value is -3.66. The van der Waals surface area contributed by atoms with E-state index in [1.54, 1.807) is 0 Å². The van der Waals surface area contributed by atoms with Crippen molar-refractivity contribution in [1.82, 2.24) is 9.88 Å². The van der Waals surface area contributed by atoms with Gasteiger partial charge in [-0.25, -0.2) is 9.98 Å². The number of para-hydroxylation sites is 2. The number of aromatic nitrogens is 1. The number of nitrogens with zero attached hydrogens (tertiary/aromatic N) is 4. The van der Waals surface area contributed by atoms with Crippen LogP contribution in [-0.4, -0.2) is 36.4 Å². The average Bonchev–Trinajstić information content (AvgIpc) is 3.21. The molecule has 1 aliphatic heterocycles. The van der Waals surface area contributed by atoms with E-state index in [9.17, 15) is 0 Å². The number of fused-ring (bicyclic) bond motifs is 2. The summed E-state index contributed by atoms with van der Waals surface area (Å²) in [5.74, 6) is 1.97. The van der Waals surface area contributed by atoms with Gasteiger partial charge in [0.1, 0.15) is 11.7 Å². The molecule has 0 unspecified atom stereocenters. The smallest absolute Gasteiger partial charge is 0.139 e. The Kier molecular flexibility index (Phi) is 4.68. The van der Waals surface area contributed by atoms with Crippen LogP contribution in [0, 0.1) is 0 Å². The first-order valence-corrected chi connectivity index (χ1v) is 10.3. The van der Waals surface area contributed by atoms with Gasteiger partial charge in [-0.05, 0) is 24.6 Å². The standard InChI is InChI=1S/C26H24N4/c1-29(2)25(19-11-5-3-6-12-19)28-24-21-15-9-10-16-23(21)27-26-22(24)17-18-30(26)20-13-7-4-8-14-20/h3-16H,17-18H2,1-2H3. The van der Waals surface area contributed by atoms with Gasteiger partial charge < -0.3 is 9.80 Å². The highest BCUT2D eigenvalue weighted by Crippen LogP contribution is 2.42. The molecule has 0 N–H and O–H groups in total. The maximum absolute atomic E-state index is 5.23. The quantitative estimate of drug-likeness (QED) is 0.337. The normalized spacial score (nSPS) is 13.5. The molecule has 148 valence electrons. The first kappa shape index (κ1) is 18.4. The number of amidine groups is 1. The lowest BCUT2D eigenvalue weighted by Crippen LogP contribution is -2.22. The van der Waals surface area contributed by atoms with Crippen LogP contribution in [0.5, 0.6) is 0 Å². The molecule has 4 aromatic rings. The second-order valence-corrected chi connectivity index (χ2v) is 7.71. The number of hydrogen-bond acceptors (Lipinski definition) is 3. The van der Waals surface area contributed by atoms with Gasteiger partial charge in [-0.2, -0.15) is 0 Å². The highest BCUT2D eigenvalue weighted by molar-refractivity contribution is 6.04. The monoisotopic (exact) mass is 392 g/mol. The minimum absolute atomic E-state index is 0.911. The lowest BCUT2D eigenvalue weighted by atomic mass is 10.1. The fraction of sp³-hybridized carbons (Fsp3) is 0.154. The molecular formula is C26H24N4. The fourth-order valence-electron chi connectivity index (χ4n) is 4.11. The third kappa shape index (κ3) is 3.20. The summed E-state index contributed by atoms with van der Waals surface area (Å²) in [7, 11) is 4.09. The first-order valence-electron chi connectivity index (χ1n) is 10.3. The lowest BCUT2D eigenvalue weighted by molar-refractivity contribution is 0.624. The van der Waals surface area contributed by atoms with Gasteiger partial charge >= 0.3 is 0 Å². The van der Waals surface area contributed by atoms with Crippen molar-refractivity contribution >= 4 is 33.9 Å². The maximum Gasteiger partial charge on any atom is 0.139 e. The third-order valence-corrected chi connectivity index (χ3v) is 5.52. The van der Waals surface area contributed by atoms with Crippen molar-refractivity contribution in [2.24, 2.45) is 4.99 Å². The molecule has 0 atom stereocenters. The Bertz CT molecular complexity index is 1210. The number of anilines is 2. The summed E-state index contributed by atoms with van der Waals surface area (Å²) in [5.41, 5.74) is 5.50.